The summed E-state index contributed by atoms with van der Waals surface area (Å²) in [5, 5.41) is 5.76. The Bertz CT molecular complexity index is 799. The lowest BCUT2D eigenvalue weighted by molar-refractivity contribution is -0.120. The molecule has 0 radical (unpaired) electrons. The number of carbonyl (C=O) groups is 1. The summed E-state index contributed by atoms with van der Waals surface area (Å²) >= 11 is 1.56. The van der Waals surface area contributed by atoms with Crippen LogP contribution in [-0.2, 0) is 17.8 Å². The molecule has 0 bridgehead atoms. The van der Waals surface area contributed by atoms with Crippen molar-refractivity contribution < 1.29 is 4.79 Å². The summed E-state index contributed by atoms with van der Waals surface area (Å²) in [6.45, 7) is 2.50. The summed E-state index contributed by atoms with van der Waals surface area (Å²) < 4.78 is 0. The number of benzene rings is 1. The van der Waals surface area contributed by atoms with Gasteiger partial charge in [-0.3, -0.25) is 9.78 Å². The number of pyridine rings is 1. The van der Waals surface area contributed by atoms with E-state index in [1.54, 1.807) is 17.5 Å². The number of nitrogens with one attached hydrogen (secondary N) is 1. The van der Waals surface area contributed by atoms with Gasteiger partial charge in [-0.2, -0.15) is 0 Å². The first-order chi connectivity index (χ1) is 11.2. The van der Waals surface area contributed by atoms with Crippen molar-refractivity contribution in [2.75, 3.05) is 0 Å². The van der Waals surface area contributed by atoms with E-state index in [2.05, 4.69) is 34.3 Å². The first-order valence-electron chi connectivity index (χ1n) is 7.39. The number of amides is 1. The Morgan fingerprint density at radius 2 is 2.09 bits per heavy atom. The number of hydrogen-bond acceptors (Lipinski definition) is 4. The summed E-state index contributed by atoms with van der Waals surface area (Å²) in [7, 11) is 0. The highest BCUT2D eigenvalue weighted by molar-refractivity contribution is 7.13. The molecule has 0 saturated carbocycles. The van der Waals surface area contributed by atoms with Gasteiger partial charge in [-0.25, -0.2) is 4.98 Å². The molecule has 0 aliphatic heterocycles. The highest BCUT2D eigenvalue weighted by Crippen LogP contribution is 2.24. The summed E-state index contributed by atoms with van der Waals surface area (Å²) in [6, 6.07) is 13.9. The number of thiazole rings is 1. The Morgan fingerprint density at radius 1 is 1.17 bits per heavy atom. The molecule has 23 heavy (non-hydrogen) atoms. The molecule has 0 saturated heterocycles. The second-order valence-corrected chi connectivity index (χ2v) is 6.15. The van der Waals surface area contributed by atoms with E-state index in [1.807, 2.05) is 35.7 Å². The standard InChI is InChI=1S/C18H17N3OS/c1-13-5-4-6-14(9-13)18-21-16(12-23-18)10-17(22)20-11-15-7-2-3-8-19-15/h2-9,12H,10-11H2,1H3,(H,20,22). The third-order valence-corrected chi connectivity index (χ3v) is 4.29. The van der Waals surface area contributed by atoms with Gasteiger partial charge in [0.05, 0.1) is 24.4 Å². The van der Waals surface area contributed by atoms with Crippen LogP contribution in [0, 0.1) is 6.92 Å². The largest absolute Gasteiger partial charge is 0.350 e. The van der Waals surface area contributed by atoms with Crippen molar-refractivity contribution in [3.05, 3.63) is 71.0 Å². The van der Waals surface area contributed by atoms with Gasteiger partial charge in [-0.15, -0.1) is 11.3 Å². The van der Waals surface area contributed by atoms with Gasteiger partial charge in [0, 0.05) is 17.1 Å². The zero-order valence-corrected chi connectivity index (χ0v) is 13.6. The predicted octanol–water partition coefficient (Wildman–Crippen LogP) is 3.37. The van der Waals surface area contributed by atoms with E-state index >= 15 is 0 Å². The van der Waals surface area contributed by atoms with Crippen molar-refractivity contribution in [1.82, 2.24) is 15.3 Å². The highest BCUT2D eigenvalue weighted by Gasteiger charge is 2.09. The van der Waals surface area contributed by atoms with Crippen molar-refractivity contribution in [2.24, 2.45) is 0 Å². The molecule has 0 aliphatic carbocycles. The zero-order valence-electron chi connectivity index (χ0n) is 12.8. The zero-order chi connectivity index (χ0) is 16.1. The molecular weight excluding hydrogens is 306 g/mol. The Kier molecular flexibility index (Phi) is 4.78. The number of carbonyl (C=O) groups excluding carboxylic acids is 1. The molecule has 5 heteroatoms. The minimum absolute atomic E-state index is 0.0447. The Morgan fingerprint density at radius 3 is 2.87 bits per heavy atom. The van der Waals surface area contributed by atoms with Crippen LogP contribution in [0.3, 0.4) is 0 Å². The number of aryl methyl sites for hydroxylation is 1. The lowest BCUT2D eigenvalue weighted by atomic mass is 10.1. The molecule has 0 spiro atoms. The number of nitrogens with zero attached hydrogens (tertiary/aromatic N) is 2. The lowest BCUT2D eigenvalue weighted by Gasteiger charge is -2.03. The fourth-order valence-electron chi connectivity index (χ4n) is 2.22. The Balaban J connectivity index is 1.59. The van der Waals surface area contributed by atoms with Gasteiger partial charge < -0.3 is 5.32 Å². The predicted molar refractivity (Wildman–Crippen MR) is 92.1 cm³/mol. The Labute approximate surface area is 139 Å². The van der Waals surface area contributed by atoms with Crippen LogP contribution < -0.4 is 5.32 Å². The average Bonchev–Trinajstić information content (AvgIpc) is 3.02. The second kappa shape index (κ2) is 7.15. The molecule has 0 fully saturated rings. The molecule has 116 valence electrons. The van der Waals surface area contributed by atoms with Gasteiger partial charge >= 0.3 is 0 Å². The van der Waals surface area contributed by atoms with E-state index in [0.29, 0.717) is 6.54 Å². The van der Waals surface area contributed by atoms with Crippen molar-refractivity contribution in [2.45, 2.75) is 19.9 Å². The molecule has 1 N–H and O–H groups in total. The summed E-state index contributed by atoms with van der Waals surface area (Å²) in [6.07, 6.45) is 2.01. The molecule has 4 nitrogen and oxygen atoms in total. The smallest absolute Gasteiger partial charge is 0.226 e. The molecular formula is C18H17N3OS. The van der Waals surface area contributed by atoms with Gasteiger partial charge in [0.2, 0.25) is 5.91 Å². The fraction of sp³-hybridized carbons (Fsp3) is 0.167. The Hall–Kier alpha value is -2.53. The maximum atomic E-state index is 12.0. The highest BCUT2D eigenvalue weighted by atomic mass is 32.1. The van der Waals surface area contributed by atoms with Gasteiger partial charge in [0.1, 0.15) is 5.01 Å². The number of aromatic nitrogens is 2. The molecule has 2 aromatic heterocycles. The van der Waals surface area contributed by atoms with Gasteiger partial charge in [0.25, 0.3) is 0 Å². The maximum Gasteiger partial charge on any atom is 0.226 e. The summed E-state index contributed by atoms with van der Waals surface area (Å²) in [4.78, 5) is 20.8. The van der Waals surface area contributed by atoms with E-state index in [9.17, 15) is 4.79 Å². The van der Waals surface area contributed by atoms with Gasteiger partial charge in [-0.05, 0) is 25.1 Å². The summed E-state index contributed by atoms with van der Waals surface area (Å²) in [5.41, 5.74) is 3.94. The van der Waals surface area contributed by atoms with Crippen LogP contribution in [0.2, 0.25) is 0 Å². The normalized spacial score (nSPS) is 10.5. The number of hydrogen-bond donors (Lipinski definition) is 1. The first-order valence-corrected chi connectivity index (χ1v) is 8.27. The monoisotopic (exact) mass is 323 g/mol. The van der Waals surface area contributed by atoms with Gasteiger partial charge in [0.15, 0.2) is 0 Å². The third-order valence-electron chi connectivity index (χ3n) is 3.35. The molecule has 0 atom stereocenters. The number of rotatable bonds is 5. The molecule has 0 aliphatic rings. The minimum atomic E-state index is -0.0447. The van der Waals surface area contributed by atoms with Crippen LogP contribution in [0.15, 0.2) is 54.0 Å². The van der Waals surface area contributed by atoms with Gasteiger partial charge in [-0.1, -0.05) is 29.8 Å². The van der Waals surface area contributed by atoms with Crippen LogP contribution in [0.5, 0.6) is 0 Å². The van der Waals surface area contributed by atoms with Crippen LogP contribution in [-0.4, -0.2) is 15.9 Å². The molecule has 1 amide bonds. The van der Waals surface area contributed by atoms with E-state index in [4.69, 9.17) is 0 Å². The van der Waals surface area contributed by atoms with E-state index in [0.717, 1.165) is 22.0 Å². The first kappa shape index (κ1) is 15.4. The molecule has 2 heterocycles. The average molecular weight is 323 g/mol. The molecule has 0 unspecified atom stereocenters. The molecule has 1 aromatic carbocycles. The SMILES string of the molecule is Cc1cccc(-c2nc(CC(=O)NCc3ccccn3)cs2)c1. The van der Waals surface area contributed by atoms with E-state index in [-0.39, 0.29) is 12.3 Å². The molecule has 3 aromatic rings. The van der Waals surface area contributed by atoms with Crippen molar-refractivity contribution in [3.8, 4) is 10.6 Å². The van der Waals surface area contributed by atoms with Crippen molar-refractivity contribution >= 4 is 17.2 Å². The van der Waals surface area contributed by atoms with Crippen molar-refractivity contribution in [1.29, 1.82) is 0 Å². The lowest BCUT2D eigenvalue weighted by Crippen LogP contribution is -2.25. The maximum absolute atomic E-state index is 12.0. The second-order valence-electron chi connectivity index (χ2n) is 5.29. The van der Waals surface area contributed by atoms with Crippen LogP contribution in [0.1, 0.15) is 17.0 Å². The fourth-order valence-corrected chi connectivity index (χ4v) is 3.03. The van der Waals surface area contributed by atoms with Crippen LogP contribution in [0.25, 0.3) is 10.6 Å². The van der Waals surface area contributed by atoms with E-state index in [1.165, 1.54) is 5.56 Å². The van der Waals surface area contributed by atoms with Crippen LogP contribution >= 0.6 is 11.3 Å². The molecule has 3 rings (SSSR count). The quantitative estimate of drug-likeness (QED) is 0.783. The third kappa shape index (κ3) is 4.23. The van der Waals surface area contributed by atoms with Crippen molar-refractivity contribution in [3.63, 3.8) is 0 Å². The topological polar surface area (TPSA) is 54.9 Å². The van der Waals surface area contributed by atoms with E-state index < -0.39 is 0 Å². The summed E-state index contributed by atoms with van der Waals surface area (Å²) in [5.74, 6) is -0.0447. The minimum Gasteiger partial charge on any atom is -0.350 e. The van der Waals surface area contributed by atoms with Crippen LogP contribution in [0.4, 0.5) is 0 Å².